The molecule has 0 bridgehead atoms. The number of carbonyl (C=O) groups excluding carboxylic acids is 16. The zero-order chi connectivity index (χ0) is 91.9. The maximum absolute atomic E-state index is 14.7. The summed E-state index contributed by atoms with van der Waals surface area (Å²) in [4.78, 5) is 235. The van der Waals surface area contributed by atoms with Crippen LogP contribution in [0.25, 0.3) is 0 Å². The fourth-order valence-corrected chi connectivity index (χ4v) is 14.9. The number of unbranched alkanes of at least 4 members (excludes halogenated alkanes) is 3. The number of thiol groups is 1. The standard InChI is InChI=1S/C84H134N22O17S/c1-47(2)36-60(72(111)92-44-69(109)94-56(22-12-15-31-85)75(114)104-70(50(7)8)84(123)106-35-19-26-67(106)81(120)102-63(40-51-20-10-9-11-21-51)78(117)97-59(71(90)110)41-53-43-91-46-93-53)98-73(112)57(23-13-16-32-86)95-76(115)61(37-48(3)4)100-79(118)64(42-68(89)108)101-77(116)62(38-49(5)6)99-74(113)58(24-14-17-33-87)96-80(119)65(45-124)103-82(121)66-25-18-34-105(66)83(122)55(88)39-52-27-29-54(107)30-28-52/h9-11,20-21,27-30,43,46-50,55-67,70,107,124H,12-19,22-26,31-42,44-45,85-88H2,1-8H3,(H2,89,108)(H2,90,110)(H,91,93)(H,92,111)(H,94,109)(H,95,115)(H,96,119)(H,97,117)(H,98,112)(H,99,113)(H,100,118)(H,101,116)(H,102,120)(H,103,121)(H,104,114)/t55-,56-,57-,58-,59-,60-,61-,62-,63-,64-,65-,66-,67-,70-/m0/s1. The van der Waals surface area contributed by atoms with Gasteiger partial charge in [-0.25, -0.2) is 4.98 Å². The van der Waals surface area contributed by atoms with Gasteiger partial charge in [-0.1, -0.05) is 97.9 Å². The molecule has 3 heterocycles. The van der Waals surface area contributed by atoms with E-state index in [0.29, 0.717) is 61.8 Å². The number of nitrogens with zero attached hydrogens (tertiary/aromatic N) is 3. The average molecular weight is 1760 g/mol. The van der Waals surface area contributed by atoms with Gasteiger partial charge in [0.05, 0.1) is 25.3 Å². The Morgan fingerprint density at radius 3 is 1.33 bits per heavy atom. The van der Waals surface area contributed by atoms with Crippen molar-refractivity contribution in [3.05, 3.63) is 83.9 Å². The second-order valence-electron chi connectivity index (χ2n) is 33.4. The van der Waals surface area contributed by atoms with Crippen molar-refractivity contribution in [1.29, 1.82) is 0 Å². The fourth-order valence-electron chi connectivity index (χ4n) is 14.6. The molecule has 26 N–H and O–H groups in total. The molecule has 5 rings (SSSR count). The Morgan fingerprint density at radius 1 is 0.468 bits per heavy atom. The number of H-pyrrole nitrogens is 1. The van der Waals surface area contributed by atoms with Crippen LogP contribution in [-0.2, 0) is 96.0 Å². The molecule has 2 aliphatic rings. The Morgan fingerprint density at radius 2 is 0.879 bits per heavy atom. The predicted molar refractivity (Wildman–Crippen MR) is 465 cm³/mol. The molecule has 16 amide bonds. The van der Waals surface area contributed by atoms with E-state index in [1.807, 2.05) is 0 Å². The van der Waals surface area contributed by atoms with Crippen LogP contribution in [0.15, 0.2) is 67.1 Å². The lowest BCUT2D eigenvalue weighted by Crippen LogP contribution is -2.61. The summed E-state index contributed by atoms with van der Waals surface area (Å²) in [6.45, 7) is 14.2. The molecule has 0 saturated carbocycles. The third-order valence-electron chi connectivity index (χ3n) is 21.2. The maximum Gasteiger partial charge on any atom is 0.246 e. The number of likely N-dealkylation sites (tertiary alicyclic amines) is 2. The third kappa shape index (κ3) is 35.1. The number of aromatic hydroxyl groups is 1. The van der Waals surface area contributed by atoms with Crippen molar-refractivity contribution in [2.75, 3.05) is 45.0 Å². The van der Waals surface area contributed by atoms with E-state index in [0.717, 1.165) is 0 Å². The van der Waals surface area contributed by atoms with Gasteiger partial charge in [0, 0.05) is 43.6 Å². The van der Waals surface area contributed by atoms with Crippen molar-refractivity contribution in [3.63, 3.8) is 0 Å². The van der Waals surface area contributed by atoms with Crippen LogP contribution in [0.1, 0.15) is 181 Å². The number of hydrogen-bond acceptors (Lipinski definition) is 23. The van der Waals surface area contributed by atoms with Crippen LogP contribution in [0.4, 0.5) is 0 Å². The van der Waals surface area contributed by atoms with Gasteiger partial charge in [0.25, 0.3) is 0 Å². The summed E-state index contributed by atoms with van der Waals surface area (Å²) < 4.78 is 0. The van der Waals surface area contributed by atoms with Gasteiger partial charge in [0.15, 0.2) is 0 Å². The van der Waals surface area contributed by atoms with Gasteiger partial charge in [-0.2, -0.15) is 12.6 Å². The molecular formula is C84H134N22O17S. The number of nitrogens with two attached hydrogens (primary N) is 6. The summed E-state index contributed by atoms with van der Waals surface area (Å²) >= 11 is 4.34. The predicted octanol–water partition coefficient (Wildman–Crippen LogP) is -2.63. The fraction of sp³-hybridized carbons (Fsp3) is 0.631. The number of benzene rings is 2. The highest BCUT2D eigenvalue weighted by Crippen LogP contribution is 2.24. The van der Waals surface area contributed by atoms with Crippen LogP contribution in [-0.4, -0.2) is 249 Å². The molecule has 0 radical (unpaired) electrons. The van der Waals surface area contributed by atoms with E-state index in [9.17, 15) is 81.8 Å². The topological polar surface area (TPSA) is 629 Å². The molecule has 0 unspecified atom stereocenters. The Balaban J connectivity index is 1.26. The lowest BCUT2D eigenvalue weighted by molar-refractivity contribution is -0.143. The van der Waals surface area contributed by atoms with Crippen LogP contribution in [0, 0.1) is 23.7 Å². The van der Waals surface area contributed by atoms with E-state index >= 15 is 0 Å². The SMILES string of the molecule is CC(C)C[C@H](NC(=O)[C@H](CCCCN)NC(=O)[C@H](CC(C)C)NC(=O)[C@H](CC(N)=O)NC(=O)[C@H](CC(C)C)NC(=O)[C@H](CCCCN)NC(=O)[C@H](CS)NC(=O)[C@@H]1CCCN1C(=O)[C@@H](N)Cc1ccc(O)cc1)C(=O)NCC(=O)N[C@@H](CCCCN)C(=O)N[C@H](C(=O)N1CCC[C@H]1C(=O)N[C@@H](Cc1ccccc1)C(=O)N[C@@H](Cc1cnc[nH]1)C(N)=O)C(C)C. The van der Waals surface area contributed by atoms with E-state index < -0.39 is 198 Å². The number of phenols is 1. The Bertz CT molecular complexity index is 4010. The lowest BCUT2D eigenvalue weighted by atomic mass is 9.99. The van der Waals surface area contributed by atoms with Gasteiger partial charge in [0.2, 0.25) is 94.5 Å². The largest absolute Gasteiger partial charge is 0.508 e. The van der Waals surface area contributed by atoms with Crippen LogP contribution in [0.3, 0.4) is 0 Å². The van der Waals surface area contributed by atoms with Crippen LogP contribution in [0.2, 0.25) is 0 Å². The number of phenolic OH excluding ortho intramolecular Hbond substituents is 1. The first-order valence-electron chi connectivity index (χ1n) is 42.9. The summed E-state index contributed by atoms with van der Waals surface area (Å²) in [6, 6.07) is -2.98. The number of aromatic amines is 1. The zero-order valence-corrected chi connectivity index (χ0v) is 73.5. The molecule has 40 heteroatoms. The molecule has 2 fully saturated rings. The van der Waals surface area contributed by atoms with Gasteiger partial charge in [0.1, 0.15) is 84.3 Å². The highest BCUT2D eigenvalue weighted by Gasteiger charge is 2.43. The molecule has 688 valence electrons. The molecule has 1 aromatic heterocycles. The Labute approximate surface area is 730 Å². The van der Waals surface area contributed by atoms with E-state index in [4.69, 9.17) is 34.4 Å². The molecule has 0 spiro atoms. The summed E-state index contributed by atoms with van der Waals surface area (Å²) in [5, 5.41) is 41.8. The minimum Gasteiger partial charge on any atom is -0.508 e. The van der Waals surface area contributed by atoms with Crippen molar-refractivity contribution in [2.45, 2.75) is 268 Å². The third-order valence-corrected chi connectivity index (χ3v) is 21.6. The van der Waals surface area contributed by atoms with Crippen molar-refractivity contribution >= 4 is 107 Å². The smallest absolute Gasteiger partial charge is 0.246 e. The first kappa shape index (κ1) is 104. The molecule has 14 atom stereocenters. The van der Waals surface area contributed by atoms with E-state index in [2.05, 4.69) is 86.4 Å². The quantitative estimate of drug-likeness (QED) is 0.0203. The molecule has 3 aromatic rings. The van der Waals surface area contributed by atoms with Crippen molar-refractivity contribution < 1.29 is 81.8 Å². The number of aromatic nitrogens is 2. The summed E-state index contributed by atoms with van der Waals surface area (Å²) in [5.41, 5.74) is 37.1. The van der Waals surface area contributed by atoms with Crippen LogP contribution in [0.5, 0.6) is 5.75 Å². The first-order chi connectivity index (χ1) is 58.9. The summed E-state index contributed by atoms with van der Waals surface area (Å²) in [7, 11) is 0. The van der Waals surface area contributed by atoms with E-state index in [-0.39, 0.29) is 139 Å². The number of primary amides is 2. The van der Waals surface area contributed by atoms with Gasteiger partial charge in [-0.3, -0.25) is 76.7 Å². The minimum atomic E-state index is -1.76. The van der Waals surface area contributed by atoms with Gasteiger partial charge < -0.3 is 118 Å². The normalized spacial score (nSPS) is 16.8. The van der Waals surface area contributed by atoms with Crippen molar-refractivity contribution in [3.8, 4) is 5.75 Å². The van der Waals surface area contributed by atoms with E-state index in [1.54, 1.807) is 97.9 Å². The maximum atomic E-state index is 14.7. The summed E-state index contributed by atoms with van der Waals surface area (Å²) in [6.07, 6.45) is 5.68. The minimum absolute atomic E-state index is 0.00505. The zero-order valence-electron chi connectivity index (χ0n) is 72.6. The number of rotatable bonds is 55. The number of amides is 16. The molecule has 39 nitrogen and oxygen atoms in total. The van der Waals surface area contributed by atoms with Crippen molar-refractivity contribution in [1.82, 2.24) is 83.6 Å². The number of hydrogen-bond donors (Lipinski definition) is 21. The Kier molecular flexibility index (Phi) is 44.6. The van der Waals surface area contributed by atoms with Crippen LogP contribution >= 0.6 is 12.6 Å². The second-order valence-corrected chi connectivity index (χ2v) is 33.8. The van der Waals surface area contributed by atoms with Gasteiger partial charge in [-0.15, -0.1) is 0 Å². The number of carbonyl (C=O) groups is 16. The van der Waals surface area contributed by atoms with Gasteiger partial charge in [-0.05, 0) is 176 Å². The Hall–Kier alpha value is -10.8. The molecule has 0 aliphatic carbocycles. The highest BCUT2D eigenvalue weighted by molar-refractivity contribution is 7.80. The molecular weight excluding hydrogens is 1620 g/mol. The first-order valence-corrected chi connectivity index (χ1v) is 43.6. The van der Waals surface area contributed by atoms with Crippen molar-refractivity contribution in [2.24, 2.45) is 58.1 Å². The molecule has 2 aliphatic heterocycles. The molecule has 2 saturated heterocycles. The number of imidazole rings is 1. The molecule has 124 heavy (non-hydrogen) atoms. The average Bonchev–Trinajstić information content (AvgIpc) is 1.34. The number of nitrogens with one attached hydrogen (secondary N) is 13. The second kappa shape index (κ2) is 53.4. The van der Waals surface area contributed by atoms with E-state index in [1.165, 1.54) is 34.5 Å². The monoisotopic (exact) mass is 1760 g/mol. The lowest BCUT2D eigenvalue weighted by Gasteiger charge is -2.32. The summed E-state index contributed by atoms with van der Waals surface area (Å²) in [5.74, 6) is -14.4. The molecule has 2 aromatic carbocycles. The van der Waals surface area contributed by atoms with Gasteiger partial charge >= 0.3 is 0 Å². The van der Waals surface area contributed by atoms with Crippen LogP contribution < -0.4 is 98.2 Å². The highest BCUT2D eigenvalue weighted by atomic mass is 32.1.